The summed E-state index contributed by atoms with van der Waals surface area (Å²) in [7, 11) is -1.29. The second-order valence-corrected chi connectivity index (χ2v) is 7.66. The number of benzene rings is 1. The Morgan fingerprint density at radius 3 is 2.64 bits per heavy atom. The average molecular weight is 391 g/mol. The zero-order valence-corrected chi connectivity index (χ0v) is 16.6. The van der Waals surface area contributed by atoms with E-state index in [0.717, 1.165) is 0 Å². The van der Waals surface area contributed by atoms with Gasteiger partial charge in [0, 0.05) is 6.42 Å². The first kappa shape index (κ1) is 21.8. The second kappa shape index (κ2) is 9.10. The zero-order valence-electron chi connectivity index (χ0n) is 16.6. The van der Waals surface area contributed by atoms with E-state index in [0.29, 0.717) is 24.8 Å². The Labute approximate surface area is 164 Å². The Morgan fingerprint density at radius 2 is 2.00 bits per heavy atom. The lowest BCUT2D eigenvalue weighted by molar-refractivity contribution is -0.161. The van der Waals surface area contributed by atoms with Gasteiger partial charge in [-0.05, 0) is 45.2 Å². The molecule has 2 rings (SSSR count). The van der Waals surface area contributed by atoms with E-state index in [4.69, 9.17) is 14.1 Å². The molecule has 2 N–H and O–H groups in total. The van der Waals surface area contributed by atoms with Crippen LogP contribution in [0.5, 0.6) is 5.75 Å². The molecule has 1 aliphatic heterocycles. The molecule has 1 aromatic rings. The molecule has 9 heteroatoms. The lowest BCUT2D eigenvalue weighted by atomic mass is 9.72. The van der Waals surface area contributed by atoms with Gasteiger partial charge in [-0.15, -0.1) is 0 Å². The van der Waals surface area contributed by atoms with Gasteiger partial charge in [-0.25, -0.2) is 4.79 Å². The standard InChI is InChI=1S/C19H26BNO7/c1-5-7-15(22)21-14-10-12-8-6-9-13(16(12)28-20(14)25)17(23)26-11-27-18(24)19(2,3)4/h6,8-9,14,25H,5,7,10-11H2,1-4H3,(H,21,22). The van der Waals surface area contributed by atoms with Crippen LogP contribution in [0, 0.1) is 5.41 Å². The topological polar surface area (TPSA) is 111 Å². The number of rotatable bonds is 6. The number of esters is 2. The van der Waals surface area contributed by atoms with Gasteiger partial charge in [-0.1, -0.05) is 19.1 Å². The first-order valence-corrected chi connectivity index (χ1v) is 9.23. The number of hydrogen-bond donors (Lipinski definition) is 2. The van der Waals surface area contributed by atoms with Crippen LogP contribution in [-0.2, 0) is 25.5 Å². The Kier molecular flexibility index (Phi) is 7.07. The molecule has 1 aromatic carbocycles. The predicted molar refractivity (Wildman–Crippen MR) is 101 cm³/mol. The number of ether oxygens (including phenoxy) is 2. The van der Waals surface area contributed by atoms with Crippen LogP contribution in [0.1, 0.15) is 56.5 Å². The van der Waals surface area contributed by atoms with Crippen LogP contribution in [0.2, 0.25) is 0 Å². The summed E-state index contributed by atoms with van der Waals surface area (Å²) in [6, 6.07) is 4.90. The van der Waals surface area contributed by atoms with Crippen molar-refractivity contribution in [2.24, 2.45) is 5.41 Å². The number of carbonyl (C=O) groups is 3. The van der Waals surface area contributed by atoms with E-state index in [1.807, 2.05) is 6.92 Å². The largest absolute Gasteiger partial charge is 0.547 e. The fourth-order valence-electron chi connectivity index (χ4n) is 2.65. The molecule has 0 saturated carbocycles. The number of carbonyl (C=O) groups excluding carboxylic acids is 3. The molecule has 1 amide bonds. The first-order valence-electron chi connectivity index (χ1n) is 9.23. The van der Waals surface area contributed by atoms with Crippen LogP contribution in [0.3, 0.4) is 0 Å². The van der Waals surface area contributed by atoms with Crippen molar-refractivity contribution in [3.8, 4) is 5.75 Å². The quantitative estimate of drug-likeness (QED) is 0.431. The van der Waals surface area contributed by atoms with Gasteiger partial charge in [-0.3, -0.25) is 9.59 Å². The molecule has 0 saturated heterocycles. The van der Waals surface area contributed by atoms with Gasteiger partial charge in [0.25, 0.3) is 0 Å². The Balaban J connectivity index is 2.04. The van der Waals surface area contributed by atoms with E-state index in [2.05, 4.69) is 5.32 Å². The van der Waals surface area contributed by atoms with Gasteiger partial charge in [0.15, 0.2) is 0 Å². The summed E-state index contributed by atoms with van der Waals surface area (Å²) in [4.78, 5) is 35.9. The summed E-state index contributed by atoms with van der Waals surface area (Å²) >= 11 is 0. The number of nitrogens with one attached hydrogen (secondary N) is 1. The zero-order chi connectivity index (χ0) is 20.9. The van der Waals surface area contributed by atoms with Gasteiger partial charge in [0.2, 0.25) is 12.7 Å². The van der Waals surface area contributed by atoms with Crippen molar-refractivity contribution in [1.29, 1.82) is 0 Å². The van der Waals surface area contributed by atoms with Crippen molar-refractivity contribution in [2.75, 3.05) is 6.79 Å². The van der Waals surface area contributed by atoms with E-state index in [1.165, 1.54) is 6.07 Å². The number of amides is 1. The van der Waals surface area contributed by atoms with Crippen LogP contribution in [0.4, 0.5) is 0 Å². The lowest BCUT2D eigenvalue weighted by Crippen LogP contribution is -2.53. The Morgan fingerprint density at radius 1 is 1.29 bits per heavy atom. The molecule has 1 heterocycles. The van der Waals surface area contributed by atoms with Crippen LogP contribution in [-0.4, -0.2) is 42.7 Å². The highest BCUT2D eigenvalue weighted by Gasteiger charge is 2.37. The van der Waals surface area contributed by atoms with Crippen LogP contribution >= 0.6 is 0 Å². The molecule has 0 aliphatic carbocycles. The molecule has 1 aliphatic rings. The van der Waals surface area contributed by atoms with Crippen molar-refractivity contribution in [3.63, 3.8) is 0 Å². The molecule has 0 radical (unpaired) electrons. The molecule has 152 valence electrons. The van der Waals surface area contributed by atoms with Crippen molar-refractivity contribution in [3.05, 3.63) is 29.3 Å². The van der Waals surface area contributed by atoms with E-state index in [1.54, 1.807) is 32.9 Å². The normalized spacial score (nSPS) is 15.9. The molecule has 8 nitrogen and oxygen atoms in total. The van der Waals surface area contributed by atoms with Crippen LogP contribution in [0.15, 0.2) is 18.2 Å². The third kappa shape index (κ3) is 5.48. The molecule has 28 heavy (non-hydrogen) atoms. The summed E-state index contributed by atoms with van der Waals surface area (Å²) < 4.78 is 15.4. The Hall–Kier alpha value is -2.55. The molecular weight excluding hydrogens is 365 g/mol. The lowest BCUT2D eigenvalue weighted by Gasteiger charge is -2.29. The molecular formula is C19H26BNO7. The van der Waals surface area contributed by atoms with Crippen molar-refractivity contribution in [1.82, 2.24) is 5.32 Å². The SMILES string of the molecule is CCCC(=O)NC1Cc2cccc(C(=O)OCOC(=O)C(C)(C)C)c2OB1O. The van der Waals surface area contributed by atoms with E-state index in [-0.39, 0.29) is 17.2 Å². The third-order valence-electron chi connectivity index (χ3n) is 4.15. The maximum atomic E-state index is 12.4. The molecule has 0 aromatic heterocycles. The third-order valence-corrected chi connectivity index (χ3v) is 4.15. The monoisotopic (exact) mass is 391 g/mol. The van der Waals surface area contributed by atoms with Gasteiger partial charge >= 0.3 is 19.1 Å². The second-order valence-electron chi connectivity index (χ2n) is 7.66. The molecule has 0 bridgehead atoms. The van der Waals surface area contributed by atoms with Gasteiger partial charge in [-0.2, -0.15) is 0 Å². The smallest absolute Gasteiger partial charge is 0.534 e. The van der Waals surface area contributed by atoms with Gasteiger partial charge in [0.1, 0.15) is 11.3 Å². The minimum atomic E-state index is -1.29. The summed E-state index contributed by atoms with van der Waals surface area (Å²) in [5.74, 6) is -1.81. The van der Waals surface area contributed by atoms with Crippen LogP contribution in [0.25, 0.3) is 0 Å². The first-order chi connectivity index (χ1) is 13.1. The molecule has 0 fully saturated rings. The summed E-state index contributed by atoms with van der Waals surface area (Å²) in [6.07, 6.45) is 1.36. The fraction of sp³-hybridized carbons (Fsp3) is 0.526. The van der Waals surface area contributed by atoms with Crippen molar-refractivity contribution < 1.29 is 33.5 Å². The minimum absolute atomic E-state index is 0.113. The maximum absolute atomic E-state index is 12.4. The highest BCUT2D eigenvalue weighted by molar-refractivity contribution is 6.47. The van der Waals surface area contributed by atoms with Crippen molar-refractivity contribution in [2.45, 2.75) is 52.9 Å². The predicted octanol–water partition coefficient (Wildman–Crippen LogP) is 1.63. The minimum Gasteiger partial charge on any atom is -0.534 e. The van der Waals surface area contributed by atoms with E-state index < -0.39 is 37.2 Å². The number of para-hydroxylation sites is 1. The van der Waals surface area contributed by atoms with Gasteiger partial charge < -0.3 is 24.5 Å². The highest BCUT2D eigenvalue weighted by Crippen LogP contribution is 2.30. The number of hydrogen-bond acceptors (Lipinski definition) is 7. The average Bonchev–Trinajstić information content (AvgIpc) is 2.61. The Bertz CT molecular complexity index is 744. The number of fused-ring (bicyclic) bond motifs is 1. The van der Waals surface area contributed by atoms with Crippen molar-refractivity contribution >= 4 is 25.0 Å². The molecule has 1 atom stereocenters. The molecule has 0 spiro atoms. The molecule has 1 unspecified atom stereocenters. The summed E-state index contributed by atoms with van der Waals surface area (Å²) in [6.45, 7) is 6.44. The fourth-order valence-corrected chi connectivity index (χ4v) is 2.65. The maximum Gasteiger partial charge on any atom is 0.547 e. The van der Waals surface area contributed by atoms with E-state index in [9.17, 15) is 19.4 Å². The highest BCUT2D eigenvalue weighted by atomic mass is 16.7. The van der Waals surface area contributed by atoms with Crippen LogP contribution < -0.4 is 9.97 Å². The summed E-state index contributed by atoms with van der Waals surface area (Å²) in [5.41, 5.74) is 0.0675. The van der Waals surface area contributed by atoms with E-state index >= 15 is 0 Å². The van der Waals surface area contributed by atoms with Gasteiger partial charge in [0.05, 0.1) is 11.4 Å². The summed E-state index contributed by atoms with van der Waals surface area (Å²) in [5, 5.41) is 13.0.